The molecule has 0 spiro atoms. The van der Waals surface area contributed by atoms with E-state index < -0.39 is 284 Å². The maximum atomic E-state index is 15.0. The van der Waals surface area contributed by atoms with E-state index in [1.807, 2.05) is 0 Å². The number of carboxylic acids is 1. The van der Waals surface area contributed by atoms with Crippen molar-refractivity contribution in [3.05, 3.63) is 120 Å². The third kappa shape index (κ3) is 37.8. The van der Waals surface area contributed by atoms with Crippen molar-refractivity contribution >= 4 is 160 Å². The van der Waals surface area contributed by atoms with Gasteiger partial charge in [-0.15, -0.1) is 0 Å². The van der Waals surface area contributed by atoms with Gasteiger partial charge in [0.15, 0.2) is 0 Å². The van der Waals surface area contributed by atoms with Gasteiger partial charge < -0.3 is 153 Å². The molecule has 51 nitrogen and oxygen atoms in total. The second kappa shape index (κ2) is 60.0. The van der Waals surface area contributed by atoms with E-state index in [1.54, 1.807) is 88.5 Å². The molecule has 810 valence electrons. The number of primary amides is 1. The number of amides is 20. The van der Waals surface area contributed by atoms with Crippen molar-refractivity contribution in [2.24, 2.45) is 29.0 Å². The molecule has 4 heterocycles. The van der Waals surface area contributed by atoms with Gasteiger partial charge in [-0.3, -0.25) is 101 Å². The first-order valence-corrected chi connectivity index (χ1v) is 49.6. The number of unbranched alkanes of at least 4 members (excludes halogenated alkanes) is 1. The van der Waals surface area contributed by atoms with Gasteiger partial charge in [-0.1, -0.05) is 88.4 Å². The number of thiol groups is 2. The average Bonchev–Trinajstić information content (AvgIpc) is 1.67. The number of nitrogens with one attached hydrogen (secondary N) is 19. The number of benzene rings is 3. The molecule has 2 aromatic heterocycles. The van der Waals surface area contributed by atoms with Crippen LogP contribution in [0.1, 0.15) is 135 Å². The molecule has 18 atom stereocenters. The lowest BCUT2D eigenvalue weighted by Gasteiger charge is -2.31. The predicted octanol–water partition coefficient (Wildman–Crippen LogP) is -8.24. The second-order valence-corrected chi connectivity index (χ2v) is 37.4. The molecule has 2 aliphatic heterocycles. The van der Waals surface area contributed by atoms with Crippen molar-refractivity contribution in [2.75, 3.05) is 63.9 Å². The number of imidazole rings is 1. The fraction of sp³-hybridized carbons (Fsp3) is 0.537. The van der Waals surface area contributed by atoms with Gasteiger partial charge in [0.2, 0.25) is 118 Å². The molecule has 0 radical (unpaired) electrons. The first kappa shape index (κ1) is 121. The lowest BCUT2D eigenvalue weighted by Crippen LogP contribution is -2.63. The van der Waals surface area contributed by atoms with Crippen LogP contribution in [0.5, 0.6) is 5.75 Å². The summed E-state index contributed by atoms with van der Waals surface area (Å²) in [5.74, 6) is -22.3. The zero-order valence-corrected chi connectivity index (χ0v) is 84.8. The maximum absolute atomic E-state index is 15.0. The Morgan fingerprint density at radius 2 is 0.919 bits per heavy atom. The molecule has 7 rings (SSSR count). The van der Waals surface area contributed by atoms with Crippen LogP contribution in [0.4, 0.5) is 0 Å². The van der Waals surface area contributed by atoms with Gasteiger partial charge in [-0.25, -0.2) is 4.98 Å². The minimum atomic E-state index is -1.88. The highest BCUT2D eigenvalue weighted by atomic mass is 32.1. The van der Waals surface area contributed by atoms with Gasteiger partial charge in [-0.05, 0) is 132 Å². The molecule has 0 aliphatic carbocycles. The normalized spacial score (nSPS) is 16.5. The Hall–Kier alpha value is -14.4. The van der Waals surface area contributed by atoms with Gasteiger partial charge in [0.1, 0.15) is 109 Å². The van der Waals surface area contributed by atoms with Crippen LogP contribution in [0.15, 0.2) is 97.6 Å². The number of aromatic amines is 2. The van der Waals surface area contributed by atoms with Crippen LogP contribution in [0.2, 0.25) is 0 Å². The number of hydrogen-bond acceptors (Lipinski definition) is 30. The highest BCUT2D eigenvalue weighted by Crippen LogP contribution is 2.25. The summed E-state index contributed by atoms with van der Waals surface area (Å²) in [7, 11) is 0. The van der Waals surface area contributed by atoms with Crippen LogP contribution in [-0.2, 0) is 126 Å². The van der Waals surface area contributed by atoms with E-state index in [-0.39, 0.29) is 120 Å². The number of H-pyrrole nitrogens is 2. The fourth-order valence-corrected chi connectivity index (χ4v) is 16.8. The minimum Gasteiger partial charge on any atom is -0.508 e. The zero-order valence-electron chi connectivity index (χ0n) is 83.0. The highest BCUT2D eigenvalue weighted by molar-refractivity contribution is 7.80. The smallest absolute Gasteiger partial charge is 0.322 e. The number of phenols is 1. The summed E-state index contributed by atoms with van der Waals surface area (Å²) in [5.41, 5.74) is 18.7. The fourth-order valence-electron chi connectivity index (χ4n) is 16.3. The molecule has 148 heavy (non-hydrogen) atoms. The molecule has 2 fully saturated rings. The summed E-state index contributed by atoms with van der Waals surface area (Å²) < 4.78 is 0. The quantitative estimate of drug-likeness (QED) is 0.0127. The summed E-state index contributed by atoms with van der Waals surface area (Å²) >= 11 is 8.66. The Morgan fingerprint density at radius 1 is 0.453 bits per heavy atom. The van der Waals surface area contributed by atoms with Crippen LogP contribution in [0, 0.1) is 11.8 Å². The zero-order chi connectivity index (χ0) is 109. The van der Waals surface area contributed by atoms with E-state index >= 15 is 4.79 Å². The monoisotopic (exact) mass is 2110 g/mol. The van der Waals surface area contributed by atoms with Crippen LogP contribution >= 0.6 is 25.3 Å². The third-order valence-corrected chi connectivity index (χ3v) is 24.9. The molecule has 3 aromatic carbocycles. The molecule has 0 bridgehead atoms. The number of aliphatic carboxylic acids is 1. The van der Waals surface area contributed by atoms with E-state index in [0.717, 1.165) is 6.92 Å². The van der Waals surface area contributed by atoms with Crippen molar-refractivity contribution in [2.45, 2.75) is 247 Å². The largest absolute Gasteiger partial charge is 0.508 e. The number of aromatic hydroxyl groups is 1. The Kier molecular flexibility index (Phi) is 48.9. The molecule has 30 N–H and O–H groups in total. The Morgan fingerprint density at radius 3 is 1.46 bits per heavy atom. The van der Waals surface area contributed by atoms with E-state index in [1.165, 1.54) is 60.4 Å². The van der Waals surface area contributed by atoms with Gasteiger partial charge in [0.25, 0.3) is 0 Å². The van der Waals surface area contributed by atoms with Crippen molar-refractivity contribution in [3.63, 3.8) is 0 Å². The molecular formula is C95H137N25O26S2. The van der Waals surface area contributed by atoms with Gasteiger partial charge in [0, 0.05) is 85.7 Å². The van der Waals surface area contributed by atoms with Crippen molar-refractivity contribution in [1.82, 2.24) is 115 Å². The lowest BCUT2D eigenvalue weighted by molar-refractivity contribution is -0.142. The molecule has 53 heteroatoms. The van der Waals surface area contributed by atoms with Gasteiger partial charge in [-0.2, -0.15) is 25.3 Å². The summed E-state index contributed by atoms with van der Waals surface area (Å²) in [6.07, 6.45) is 0.146. The number of likely N-dealkylation sites (tertiary alicyclic amines) is 2. The number of phenolic OH excluding ortho intramolecular Hbond substituents is 1. The van der Waals surface area contributed by atoms with Crippen LogP contribution in [0.25, 0.3) is 10.9 Å². The number of fused-ring (bicyclic) bond motifs is 1. The summed E-state index contributed by atoms with van der Waals surface area (Å²) in [6.45, 7) is 6.72. The summed E-state index contributed by atoms with van der Waals surface area (Å²) in [4.78, 5) is 303. The van der Waals surface area contributed by atoms with E-state index in [0.29, 0.717) is 34.0 Å². The number of carboxylic acid groups (broad SMARTS) is 1. The van der Waals surface area contributed by atoms with Crippen LogP contribution in [-0.4, -0.2) is 347 Å². The second-order valence-electron chi connectivity index (χ2n) is 36.7. The lowest BCUT2D eigenvalue weighted by atomic mass is 9.99. The number of nitrogens with zero attached hydrogens (tertiary/aromatic N) is 3. The van der Waals surface area contributed by atoms with Crippen molar-refractivity contribution < 1.29 is 126 Å². The highest BCUT2D eigenvalue weighted by Gasteiger charge is 2.45. The molecule has 20 amide bonds. The molecule has 2 aliphatic rings. The number of aromatic nitrogens is 3. The number of hydrogen-bond donors (Lipinski definition) is 29. The number of carbonyl (C=O) groups excluding carboxylic acids is 20. The standard InChI is InChI=1S/C95H137N25O26S2/c1-48(2)33-62(84(135)118-79(52(7)123)93(144)112-65(36-55-39-100-59-20-12-11-19-58(55)59)85(136)117-77(49(3)4)91(142)115-69(46-148)87(138)107-61(21-13-14-30-96)95(146)120-32-16-23-71(120)89(140)106-60(28-29-72(98)125)80(131)103-41-74(127)102-43-76(129)130)110-90(141)70-22-15-31-119(70)94(145)50(5)105-81(132)63(34-53-17-9-8-10-18-53)108-83(134)66(37-56-40-99-47-104-56)109-88(139)68(45-147)114-86(137)67(44-121)113-82(133)64(35-54-24-26-57(124)27-25-54)111-92(143)78(51(6)122)116-75(128)42-101-73(126)38-97/h8-12,17-20,24-27,39-40,47-52,60-71,77-79,100,121-124,147-148H,13-16,21-23,28-38,41-46,96-97H2,1-7H3,(H2,98,125)(H,99,104)(H,101,126)(H,102,127)(H,103,131)(H,105,132)(H,106,140)(H,107,138)(H,108,134)(H,109,139)(H,110,141)(H,111,143)(H,112,144)(H,113,133)(H,114,137)(H,115,142)(H,116,128)(H,117,136)(H,118,135)(H,129,130)/t50-,51+,52+,60-,61-,62-,63-,64-,65-,66-,67-,68-,69-,70-,71-,77-,78-,79-/m0/s1. The number of nitrogens with two attached hydrogens (primary N) is 3. The van der Waals surface area contributed by atoms with Crippen LogP contribution < -0.4 is 108 Å². The van der Waals surface area contributed by atoms with Crippen molar-refractivity contribution in [1.29, 1.82) is 0 Å². The van der Waals surface area contributed by atoms with E-state index in [2.05, 4.69) is 131 Å². The predicted molar refractivity (Wildman–Crippen MR) is 538 cm³/mol. The summed E-state index contributed by atoms with van der Waals surface area (Å²) in [6, 6.07) is -4.17. The Balaban J connectivity index is 1.03. The maximum Gasteiger partial charge on any atom is 0.322 e. The first-order chi connectivity index (χ1) is 70.3. The molecular weight excluding hydrogens is 1970 g/mol. The average molecular weight is 2110 g/mol. The van der Waals surface area contributed by atoms with E-state index in [9.17, 15) is 116 Å². The van der Waals surface area contributed by atoms with Gasteiger partial charge in [0.05, 0.1) is 44.8 Å². The SMILES string of the molecule is CC(C)C[C@H](NC(=O)[C@@H]1CCCN1C(=O)[C@H](C)NC(=O)[C@H](Cc1ccccc1)NC(=O)[C@H](Cc1cnc[nH]1)NC(=O)[C@H](CS)NC(=O)[C@H](CO)NC(=O)[C@H](Cc1ccc(O)cc1)NC(=O)[C@@H](NC(=O)CNC(=O)CN)[C@@H](C)O)C(=O)N[C@H](C(=O)N[C@@H](Cc1c[nH]c2ccccc12)C(=O)N[C@H](C(=O)N[C@@H](CS)C(=O)N[C@@H](CCCCN)C(=O)N1CCC[C@H]1C(=O)N[C@@H](CCC(N)=O)C(=O)NCC(=O)NCC(=O)O)C(C)C)[C@@H](C)O. The number of carbonyl (C=O) groups is 21. The molecule has 0 saturated carbocycles. The van der Waals surface area contributed by atoms with Crippen LogP contribution in [0.3, 0.4) is 0 Å². The number of rotatable bonds is 60. The van der Waals surface area contributed by atoms with Crippen molar-refractivity contribution in [3.8, 4) is 5.75 Å². The first-order valence-electron chi connectivity index (χ1n) is 48.4. The third-order valence-electron chi connectivity index (χ3n) is 24.2. The Labute approximate surface area is 863 Å². The minimum absolute atomic E-state index is 0.00183. The number of para-hydroxylation sites is 1. The molecule has 5 aromatic rings. The van der Waals surface area contributed by atoms with Gasteiger partial charge >= 0.3 is 5.97 Å². The van der Waals surface area contributed by atoms with E-state index in [4.69, 9.17) is 22.3 Å². The topological polar surface area (TPSA) is 793 Å². The molecule has 0 unspecified atom stereocenters. The number of aliphatic hydroxyl groups excluding tert-OH is 3. The number of aliphatic hydroxyl groups is 3. The molecule has 2 saturated heterocycles. The summed E-state index contributed by atoms with van der Waals surface area (Å²) in [5, 5.41) is 94.3. The Bertz CT molecular complexity index is 5430.